The van der Waals surface area contributed by atoms with Crippen LogP contribution in [-0.2, 0) is 0 Å². The van der Waals surface area contributed by atoms with Gasteiger partial charge in [0.1, 0.15) is 0 Å². The average molecular weight is 180 g/mol. The maximum atomic E-state index is 6.21. The van der Waals surface area contributed by atoms with Gasteiger partial charge in [0.15, 0.2) is 0 Å². The Labute approximate surface area is 80.6 Å². The maximum Gasteiger partial charge on any atom is 0.0224 e. The predicted molar refractivity (Wildman–Crippen MR) is 55.3 cm³/mol. The van der Waals surface area contributed by atoms with Crippen molar-refractivity contribution in [2.45, 2.75) is 45.6 Å². The number of nitrogens with one attached hydrogen (secondary N) is 1. The summed E-state index contributed by atoms with van der Waals surface area (Å²) in [6, 6.07) is 0.630. The van der Waals surface area contributed by atoms with Crippen molar-refractivity contribution in [2.75, 3.05) is 6.54 Å². The standard InChI is InChI=1S/C11H20N2/c1-8-7-13-9-5-3-4-6-11(9,2)10(8)12/h9,13H,3-7,12H2,1-2H3. The van der Waals surface area contributed by atoms with E-state index in [1.165, 1.54) is 31.3 Å². The summed E-state index contributed by atoms with van der Waals surface area (Å²) in [7, 11) is 0. The molecule has 2 nitrogen and oxygen atoms in total. The molecule has 1 heterocycles. The Hall–Kier alpha value is -0.500. The van der Waals surface area contributed by atoms with E-state index in [2.05, 4.69) is 19.2 Å². The Morgan fingerprint density at radius 1 is 1.46 bits per heavy atom. The highest BCUT2D eigenvalue weighted by atomic mass is 15.0. The van der Waals surface area contributed by atoms with Crippen molar-refractivity contribution in [3.05, 3.63) is 11.3 Å². The van der Waals surface area contributed by atoms with Gasteiger partial charge in [0.25, 0.3) is 0 Å². The molecule has 3 N–H and O–H groups in total. The van der Waals surface area contributed by atoms with Crippen LogP contribution < -0.4 is 11.1 Å². The lowest BCUT2D eigenvalue weighted by Crippen LogP contribution is -2.53. The van der Waals surface area contributed by atoms with Gasteiger partial charge in [-0.05, 0) is 25.3 Å². The van der Waals surface area contributed by atoms with Gasteiger partial charge in [0.2, 0.25) is 0 Å². The van der Waals surface area contributed by atoms with Crippen LogP contribution in [0.3, 0.4) is 0 Å². The third kappa shape index (κ3) is 1.28. The van der Waals surface area contributed by atoms with Crippen molar-refractivity contribution < 1.29 is 0 Å². The normalized spacial score (nSPS) is 40.3. The van der Waals surface area contributed by atoms with Crippen LogP contribution in [0, 0.1) is 5.41 Å². The van der Waals surface area contributed by atoms with Crippen LogP contribution in [0.4, 0.5) is 0 Å². The van der Waals surface area contributed by atoms with Crippen LogP contribution in [0.2, 0.25) is 0 Å². The molecule has 74 valence electrons. The van der Waals surface area contributed by atoms with Crippen molar-refractivity contribution in [3.8, 4) is 0 Å². The molecule has 2 rings (SSSR count). The molecule has 0 saturated heterocycles. The number of nitrogens with two attached hydrogens (primary N) is 1. The molecule has 13 heavy (non-hydrogen) atoms. The smallest absolute Gasteiger partial charge is 0.0224 e. The van der Waals surface area contributed by atoms with Crippen LogP contribution >= 0.6 is 0 Å². The largest absolute Gasteiger partial charge is 0.402 e. The highest BCUT2D eigenvalue weighted by Gasteiger charge is 2.41. The SMILES string of the molecule is CC1=C(N)C2(C)CCCCC2NC1. The van der Waals surface area contributed by atoms with E-state index >= 15 is 0 Å². The summed E-state index contributed by atoms with van der Waals surface area (Å²) >= 11 is 0. The van der Waals surface area contributed by atoms with Crippen molar-refractivity contribution in [2.24, 2.45) is 11.1 Å². The quantitative estimate of drug-likeness (QED) is 0.596. The summed E-state index contributed by atoms with van der Waals surface area (Å²) in [6.07, 6.45) is 5.25. The first-order valence-electron chi connectivity index (χ1n) is 5.33. The highest BCUT2D eigenvalue weighted by Crippen LogP contribution is 2.42. The molecule has 0 bridgehead atoms. The number of rotatable bonds is 0. The molecule has 1 aliphatic heterocycles. The van der Waals surface area contributed by atoms with E-state index in [9.17, 15) is 0 Å². The Kier molecular flexibility index (Phi) is 2.11. The summed E-state index contributed by atoms with van der Waals surface area (Å²) in [4.78, 5) is 0. The molecule has 1 fully saturated rings. The number of fused-ring (bicyclic) bond motifs is 1. The second-order valence-electron chi connectivity index (χ2n) is 4.79. The number of hydrogen-bond acceptors (Lipinski definition) is 2. The molecular weight excluding hydrogens is 160 g/mol. The zero-order valence-electron chi connectivity index (χ0n) is 8.69. The van der Waals surface area contributed by atoms with Crippen molar-refractivity contribution in [1.29, 1.82) is 0 Å². The van der Waals surface area contributed by atoms with Crippen LogP contribution in [0.15, 0.2) is 11.3 Å². The van der Waals surface area contributed by atoms with Gasteiger partial charge in [0.05, 0.1) is 0 Å². The summed E-state index contributed by atoms with van der Waals surface area (Å²) in [5.41, 5.74) is 8.97. The molecule has 0 radical (unpaired) electrons. The fourth-order valence-electron chi connectivity index (χ4n) is 2.84. The fraction of sp³-hybridized carbons (Fsp3) is 0.818. The van der Waals surface area contributed by atoms with Gasteiger partial charge in [-0.3, -0.25) is 0 Å². The third-order valence-corrected chi connectivity index (χ3v) is 3.90. The molecule has 2 unspecified atom stereocenters. The monoisotopic (exact) mass is 180 g/mol. The molecule has 0 amide bonds. The van der Waals surface area contributed by atoms with Gasteiger partial charge in [-0.15, -0.1) is 0 Å². The lowest BCUT2D eigenvalue weighted by Gasteiger charge is -2.46. The first kappa shape index (κ1) is 9.07. The van der Waals surface area contributed by atoms with Crippen LogP contribution in [0.25, 0.3) is 0 Å². The summed E-state index contributed by atoms with van der Waals surface area (Å²) < 4.78 is 0. The van der Waals surface area contributed by atoms with Gasteiger partial charge in [-0.1, -0.05) is 19.8 Å². The number of hydrogen-bond donors (Lipinski definition) is 2. The van der Waals surface area contributed by atoms with Gasteiger partial charge < -0.3 is 11.1 Å². The van der Waals surface area contributed by atoms with Crippen LogP contribution in [0.1, 0.15) is 39.5 Å². The summed E-state index contributed by atoms with van der Waals surface area (Å²) in [5.74, 6) is 0. The van der Waals surface area contributed by atoms with E-state index in [1.807, 2.05) is 0 Å². The molecule has 2 atom stereocenters. The fourth-order valence-corrected chi connectivity index (χ4v) is 2.84. The minimum Gasteiger partial charge on any atom is -0.402 e. The second kappa shape index (κ2) is 3.02. The first-order chi connectivity index (χ1) is 6.14. The molecule has 0 aromatic rings. The Balaban J connectivity index is 2.32. The van der Waals surface area contributed by atoms with Crippen LogP contribution in [-0.4, -0.2) is 12.6 Å². The third-order valence-electron chi connectivity index (χ3n) is 3.90. The van der Waals surface area contributed by atoms with Gasteiger partial charge in [-0.2, -0.15) is 0 Å². The van der Waals surface area contributed by atoms with Crippen molar-refractivity contribution in [3.63, 3.8) is 0 Å². The van der Waals surface area contributed by atoms with Crippen LogP contribution in [0.5, 0.6) is 0 Å². The minimum atomic E-state index is 0.251. The molecule has 1 saturated carbocycles. The van der Waals surface area contributed by atoms with E-state index in [4.69, 9.17) is 5.73 Å². The Morgan fingerprint density at radius 2 is 2.23 bits per heavy atom. The molecule has 1 aliphatic carbocycles. The predicted octanol–water partition coefficient (Wildman–Crippen LogP) is 1.77. The highest BCUT2D eigenvalue weighted by molar-refractivity contribution is 5.25. The van der Waals surface area contributed by atoms with E-state index in [0.717, 1.165) is 12.2 Å². The zero-order valence-corrected chi connectivity index (χ0v) is 8.69. The first-order valence-corrected chi connectivity index (χ1v) is 5.33. The second-order valence-corrected chi connectivity index (χ2v) is 4.79. The van der Waals surface area contributed by atoms with E-state index in [0.29, 0.717) is 6.04 Å². The topological polar surface area (TPSA) is 38.0 Å². The van der Waals surface area contributed by atoms with Gasteiger partial charge >= 0.3 is 0 Å². The van der Waals surface area contributed by atoms with E-state index < -0.39 is 0 Å². The van der Waals surface area contributed by atoms with Gasteiger partial charge in [-0.25, -0.2) is 0 Å². The zero-order chi connectivity index (χ0) is 9.47. The van der Waals surface area contributed by atoms with E-state index in [-0.39, 0.29) is 5.41 Å². The molecule has 0 spiro atoms. The Morgan fingerprint density at radius 3 is 3.00 bits per heavy atom. The summed E-state index contributed by atoms with van der Waals surface area (Å²) in [5, 5.41) is 3.60. The van der Waals surface area contributed by atoms with Crippen molar-refractivity contribution >= 4 is 0 Å². The summed E-state index contributed by atoms with van der Waals surface area (Å²) in [6.45, 7) is 5.46. The lowest BCUT2D eigenvalue weighted by atomic mass is 9.67. The molecule has 0 aromatic heterocycles. The van der Waals surface area contributed by atoms with E-state index in [1.54, 1.807) is 0 Å². The van der Waals surface area contributed by atoms with Crippen molar-refractivity contribution in [1.82, 2.24) is 5.32 Å². The molecule has 0 aromatic carbocycles. The minimum absolute atomic E-state index is 0.251. The molecule has 2 aliphatic rings. The molecular formula is C11H20N2. The Bertz CT molecular complexity index is 244. The lowest BCUT2D eigenvalue weighted by molar-refractivity contribution is 0.174. The molecule has 2 heteroatoms. The van der Waals surface area contributed by atoms with Gasteiger partial charge in [0, 0.05) is 23.7 Å². The maximum absolute atomic E-state index is 6.21. The average Bonchev–Trinajstić information content (AvgIpc) is 2.13.